The number of hydrogen-bond acceptors (Lipinski definition) is 2. The topological polar surface area (TPSA) is 57.5 Å². The van der Waals surface area contributed by atoms with Gasteiger partial charge < -0.3 is 10.2 Å². The van der Waals surface area contributed by atoms with Gasteiger partial charge in [-0.05, 0) is 84.9 Å². The molecule has 0 saturated heterocycles. The Hall–Kier alpha value is -0.180. The highest BCUT2D eigenvalue weighted by Crippen LogP contribution is 2.73. The SMILES string of the molecule is BC(B)(C[C@@H](C)[C@H]1CC[C@H]2[C@@H]3CC[C@@H]4C(B)(B)[C@@H](O)C(B)(B)C[C@]4(C)[C@H]3CC[C@]12C)C(=O)O. The minimum Gasteiger partial charge on any atom is -0.482 e. The Kier molecular flexibility index (Phi) is 6.21. The third-order valence-corrected chi connectivity index (χ3v) is 12.2. The molecule has 0 aliphatic heterocycles. The minimum atomic E-state index is -0.659. The molecule has 0 heterocycles. The summed E-state index contributed by atoms with van der Waals surface area (Å²) in [5.41, 5.74) is 0.670. The van der Waals surface area contributed by atoms with Crippen LogP contribution in [0.5, 0.6) is 0 Å². The van der Waals surface area contributed by atoms with Gasteiger partial charge >= 0.3 is 0 Å². The lowest BCUT2D eigenvalue weighted by molar-refractivity contribution is -0.141. The van der Waals surface area contributed by atoms with Crippen LogP contribution in [-0.4, -0.2) is 69.4 Å². The Balaban J connectivity index is 1.59. The van der Waals surface area contributed by atoms with Crippen LogP contribution in [0.3, 0.4) is 0 Å². The first-order chi connectivity index (χ1) is 15.0. The van der Waals surface area contributed by atoms with E-state index in [1.165, 1.54) is 38.5 Å². The Bertz CT molecular complexity index is 803. The van der Waals surface area contributed by atoms with E-state index in [9.17, 15) is 15.0 Å². The summed E-state index contributed by atoms with van der Waals surface area (Å²) in [6.45, 7) is 7.50. The van der Waals surface area contributed by atoms with E-state index < -0.39 is 11.2 Å². The monoisotopic (exact) mass is 448 g/mol. The van der Waals surface area contributed by atoms with Gasteiger partial charge in [0, 0.05) is 11.3 Å². The van der Waals surface area contributed by atoms with E-state index in [1.54, 1.807) is 0 Å². The average Bonchev–Trinajstić information content (AvgIpc) is 3.03. The van der Waals surface area contributed by atoms with E-state index in [-0.39, 0.29) is 16.5 Å². The predicted octanol–water partition coefficient (Wildman–Crippen LogP) is -0.516. The number of fused-ring (bicyclic) bond motifs is 5. The van der Waals surface area contributed by atoms with Gasteiger partial charge in [0.25, 0.3) is 5.97 Å². The molecule has 178 valence electrons. The fraction of sp³-hybridized carbons (Fsp3) is 0.958. The molecule has 0 radical (unpaired) electrons. The highest BCUT2D eigenvalue weighted by atomic mass is 16.4. The van der Waals surface area contributed by atoms with Crippen LogP contribution < -0.4 is 0 Å². The molecule has 9 heteroatoms. The summed E-state index contributed by atoms with van der Waals surface area (Å²) in [7, 11) is 13.1. The van der Waals surface area contributed by atoms with Crippen molar-refractivity contribution in [1.82, 2.24) is 0 Å². The molecule has 4 rings (SSSR count). The van der Waals surface area contributed by atoms with Crippen molar-refractivity contribution in [2.75, 3.05) is 0 Å². The molecule has 33 heavy (non-hydrogen) atoms. The van der Waals surface area contributed by atoms with Gasteiger partial charge in [0.2, 0.25) is 0 Å². The number of rotatable bonds is 4. The maximum absolute atomic E-state index is 11.8. The van der Waals surface area contributed by atoms with Crippen molar-refractivity contribution in [2.24, 2.45) is 46.3 Å². The zero-order valence-corrected chi connectivity index (χ0v) is 23.0. The second-order valence-corrected chi connectivity index (χ2v) is 15.5. The molecule has 4 fully saturated rings. The maximum atomic E-state index is 11.8. The molecule has 0 unspecified atom stereocenters. The van der Waals surface area contributed by atoms with Crippen LogP contribution in [0.15, 0.2) is 0 Å². The van der Waals surface area contributed by atoms with Crippen LogP contribution in [0.4, 0.5) is 0 Å². The Morgan fingerprint density at radius 1 is 1.00 bits per heavy atom. The van der Waals surface area contributed by atoms with Gasteiger partial charge in [-0.25, -0.2) is 0 Å². The third kappa shape index (κ3) is 3.75. The first-order valence-electron chi connectivity index (χ1n) is 13.9. The van der Waals surface area contributed by atoms with Crippen LogP contribution in [0.2, 0.25) is 15.6 Å². The fourth-order valence-corrected chi connectivity index (χ4v) is 11.2. The molecule has 0 amide bonds. The summed E-state index contributed by atoms with van der Waals surface area (Å²) in [6.07, 6.45) is 9.50. The summed E-state index contributed by atoms with van der Waals surface area (Å²) in [4.78, 5) is 11.8. The van der Waals surface area contributed by atoms with Crippen molar-refractivity contribution in [3.63, 3.8) is 0 Å². The number of hydrogen-bond donors (Lipinski definition) is 2. The van der Waals surface area contributed by atoms with E-state index in [4.69, 9.17) is 0 Å². The van der Waals surface area contributed by atoms with Crippen LogP contribution in [-0.2, 0) is 4.79 Å². The Morgan fingerprint density at radius 3 is 2.21 bits per heavy atom. The molecule has 3 nitrogen and oxygen atoms in total. The highest BCUT2D eigenvalue weighted by molar-refractivity contribution is 6.49. The second kappa shape index (κ2) is 7.91. The van der Waals surface area contributed by atoms with Crippen LogP contribution in [0.25, 0.3) is 0 Å². The zero-order valence-electron chi connectivity index (χ0n) is 23.0. The van der Waals surface area contributed by atoms with Gasteiger partial charge in [-0.3, -0.25) is 4.79 Å². The number of aliphatic hydroxyl groups is 1. The van der Waals surface area contributed by atoms with Crippen molar-refractivity contribution < 1.29 is 15.0 Å². The lowest BCUT2D eigenvalue weighted by Crippen LogP contribution is -2.62. The zero-order chi connectivity index (χ0) is 24.8. The maximum Gasteiger partial charge on any atom is 0.293 e. The third-order valence-electron chi connectivity index (χ3n) is 12.2. The normalized spacial score (nSPS) is 47.0. The number of carboxylic acids is 1. The van der Waals surface area contributed by atoms with Crippen molar-refractivity contribution >= 4 is 53.0 Å². The standard InChI is InChI=1S/C24H46B6O3/c1-12(10-22(25,26)19(32)33)14-5-6-15-13-4-7-17-21(3,16(13)8-9-20(14,15)2)11-23(27,28)18(31)24(17,29)30/h12-18,31H,4-11,25-30H2,1-3H3,(H,32,33)/t12-,13+,14-,15+,16+,17+,18+,20-,21-/m1/s1. The summed E-state index contributed by atoms with van der Waals surface area (Å²) >= 11 is 0. The smallest absolute Gasteiger partial charge is 0.293 e. The van der Waals surface area contributed by atoms with Crippen molar-refractivity contribution in [3.8, 4) is 0 Å². The van der Waals surface area contributed by atoms with Crippen molar-refractivity contribution in [3.05, 3.63) is 0 Å². The quantitative estimate of drug-likeness (QED) is 0.571. The summed E-state index contributed by atoms with van der Waals surface area (Å²) in [6, 6.07) is 0. The molecular formula is C24H46B6O3. The fourth-order valence-electron chi connectivity index (χ4n) is 11.2. The van der Waals surface area contributed by atoms with Crippen LogP contribution in [0, 0.1) is 46.3 Å². The molecule has 4 aliphatic rings. The second-order valence-electron chi connectivity index (χ2n) is 15.5. The predicted molar refractivity (Wildman–Crippen MR) is 153 cm³/mol. The highest BCUT2D eigenvalue weighted by Gasteiger charge is 2.65. The number of carbonyl (C=O) groups is 1. The largest absolute Gasteiger partial charge is 0.482 e. The van der Waals surface area contributed by atoms with Crippen LogP contribution >= 0.6 is 0 Å². The lowest BCUT2D eigenvalue weighted by atomic mass is 9.24. The van der Waals surface area contributed by atoms with E-state index in [2.05, 4.69) is 52.2 Å². The van der Waals surface area contributed by atoms with Crippen LogP contribution in [0.1, 0.15) is 72.1 Å². The lowest BCUT2D eigenvalue weighted by Gasteiger charge is -2.68. The van der Waals surface area contributed by atoms with Gasteiger partial charge in [0.05, 0.1) is 0 Å². The summed E-state index contributed by atoms with van der Waals surface area (Å²) in [5, 5.41) is 20.3. The first-order valence-corrected chi connectivity index (χ1v) is 13.9. The molecule has 0 aromatic heterocycles. The van der Waals surface area contributed by atoms with E-state index >= 15 is 0 Å². The molecule has 0 aromatic rings. The van der Waals surface area contributed by atoms with Crippen molar-refractivity contribution in [2.45, 2.75) is 93.9 Å². The minimum absolute atomic E-state index is 0.0304. The van der Waals surface area contributed by atoms with Gasteiger partial charge in [-0.1, -0.05) is 44.0 Å². The van der Waals surface area contributed by atoms with E-state index in [1.807, 2.05) is 15.7 Å². The van der Waals surface area contributed by atoms with E-state index in [0.717, 1.165) is 30.6 Å². The molecule has 0 spiro atoms. The number of aliphatic hydroxyl groups excluding tert-OH is 1. The molecule has 4 aliphatic carbocycles. The number of aliphatic carboxylic acids is 1. The molecule has 9 atom stereocenters. The molecule has 2 N–H and O–H groups in total. The average molecular weight is 448 g/mol. The van der Waals surface area contributed by atoms with Gasteiger partial charge in [0.15, 0.2) is 0 Å². The molecule has 0 aromatic carbocycles. The van der Waals surface area contributed by atoms with Gasteiger partial charge in [-0.15, -0.1) is 0 Å². The van der Waals surface area contributed by atoms with Crippen molar-refractivity contribution in [1.29, 1.82) is 0 Å². The summed E-state index contributed by atoms with van der Waals surface area (Å²) in [5.74, 6) is 3.40. The molecular weight excluding hydrogens is 401 g/mol. The summed E-state index contributed by atoms with van der Waals surface area (Å²) < 4.78 is 0. The first kappa shape index (κ1) is 25.9. The van der Waals surface area contributed by atoms with E-state index in [0.29, 0.717) is 28.6 Å². The molecule has 4 saturated carbocycles. The van der Waals surface area contributed by atoms with Gasteiger partial charge in [-0.2, -0.15) is 0 Å². The van der Waals surface area contributed by atoms with Gasteiger partial charge in [0.1, 0.15) is 47.1 Å². The Labute approximate surface area is 208 Å². The molecule has 0 bridgehead atoms. The Morgan fingerprint density at radius 2 is 1.61 bits per heavy atom. The number of carboxylic acid groups (broad SMARTS) is 1.